The van der Waals surface area contributed by atoms with E-state index in [2.05, 4.69) is 84.1 Å². The maximum atomic E-state index is 5.68. The van der Waals surface area contributed by atoms with Crippen molar-refractivity contribution >= 4 is 5.96 Å². The van der Waals surface area contributed by atoms with Gasteiger partial charge in [-0.1, -0.05) is 30.3 Å². The average Bonchev–Trinajstić information content (AvgIpc) is 3.03. The Morgan fingerprint density at radius 1 is 1.19 bits per heavy atom. The number of rotatable bonds is 8. The molecule has 0 spiro atoms. The smallest absolute Gasteiger partial charge is 0.191 e. The van der Waals surface area contributed by atoms with Crippen LogP contribution in [0.5, 0.6) is 0 Å². The first-order valence-electron chi connectivity index (χ1n) is 11.7. The first-order valence-corrected chi connectivity index (χ1v) is 11.7. The molecule has 0 bridgehead atoms. The van der Waals surface area contributed by atoms with Gasteiger partial charge in [0, 0.05) is 57.2 Å². The van der Waals surface area contributed by atoms with Crippen molar-refractivity contribution in [3.05, 3.63) is 52.8 Å². The van der Waals surface area contributed by atoms with Crippen molar-refractivity contribution in [3.63, 3.8) is 0 Å². The minimum absolute atomic E-state index is 0.0368. The van der Waals surface area contributed by atoms with Crippen LogP contribution in [0.2, 0.25) is 0 Å². The third kappa shape index (κ3) is 6.11. The van der Waals surface area contributed by atoms with Gasteiger partial charge in [0.1, 0.15) is 0 Å². The molecule has 7 heteroatoms. The fourth-order valence-electron chi connectivity index (χ4n) is 4.57. The Morgan fingerprint density at radius 2 is 1.88 bits per heavy atom. The zero-order valence-electron chi connectivity index (χ0n) is 20.5. The van der Waals surface area contributed by atoms with Gasteiger partial charge < -0.3 is 20.7 Å². The van der Waals surface area contributed by atoms with Crippen molar-refractivity contribution in [2.24, 2.45) is 12.0 Å². The van der Waals surface area contributed by atoms with Gasteiger partial charge in [0.05, 0.1) is 5.69 Å². The topological polar surface area (TPSA) is 75.5 Å². The van der Waals surface area contributed by atoms with Gasteiger partial charge in [0.15, 0.2) is 5.96 Å². The van der Waals surface area contributed by atoms with E-state index in [4.69, 9.17) is 4.74 Å². The van der Waals surface area contributed by atoms with Gasteiger partial charge in [-0.3, -0.25) is 9.67 Å². The molecule has 0 radical (unpaired) electrons. The molecule has 1 fully saturated rings. The van der Waals surface area contributed by atoms with E-state index in [1.165, 1.54) is 16.8 Å². The summed E-state index contributed by atoms with van der Waals surface area (Å²) in [5, 5.41) is 15.6. The van der Waals surface area contributed by atoms with E-state index in [1.807, 2.05) is 18.8 Å². The van der Waals surface area contributed by atoms with Crippen LogP contribution in [-0.4, -0.2) is 54.1 Å². The molecule has 2 unspecified atom stereocenters. The standard InChI is InChI=1S/C25H40N6O/c1-18(16-23-20(3)30-31(6)21(23)4)28-24(26-5)27-17-25(12-14-32-15-13-25)29-19(2)22-10-8-7-9-11-22/h7-11,18-19,29H,12-17H2,1-6H3,(H2,26,27,28). The Hall–Kier alpha value is -2.38. The predicted molar refractivity (Wildman–Crippen MR) is 131 cm³/mol. The van der Waals surface area contributed by atoms with E-state index in [0.29, 0.717) is 0 Å². The Labute approximate surface area is 193 Å². The molecule has 1 saturated heterocycles. The molecule has 0 saturated carbocycles. The lowest BCUT2D eigenvalue weighted by atomic mass is 9.88. The molecular formula is C25H40N6O. The Bertz CT molecular complexity index is 885. The zero-order valence-corrected chi connectivity index (χ0v) is 20.5. The molecule has 0 aliphatic carbocycles. The molecule has 2 heterocycles. The second kappa shape index (κ2) is 11.0. The number of hydrogen-bond donors (Lipinski definition) is 3. The molecule has 1 aliphatic heterocycles. The van der Waals surface area contributed by atoms with Crippen molar-refractivity contribution in [1.82, 2.24) is 25.7 Å². The third-order valence-electron chi connectivity index (χ3n) is 6.64. The molecule has 2 aromatic rings. The van der Waals surface area contributed by atoms with Gasteiger partial charge in [0.25, 0.3) is 0 Å². The van der Waals surface area contributed by atoms with Crippen LogP contribution in [0.4, 0.5) is 0 Å². The fraction of sp³-hybridized carbons (Fsp3) is 0.600. The monoisotopic (exact) mass is 440 g/mol. The molecular weight excluding hydrogens is 400 g/mol. The molecule has 2 atom stereocenters. The second-order valence-corrected chi connectivity index (χ2v) is 9.12. The summed E-state index contributed by atoms with van der Waals surface area (Å²) in [7, 11) is 3.83. The van der Waals surface area contributed by atoms with E-state index in [9.17, 15) is 0 Å². The molecule has 1 aliphatic rings. The number of aliphatic imine (C=N–C) groups is 1. The lowest BCUT2D eigenvalue weighted by molar-refractivity contribution is 0.0354. The molecule has 32 heavy (non-hydrogen) atoms. The van der Waals surface area contributed by atoms with Crippen LogP contribution >= 0.6 is 0 Å². The molecule has 3 rings (SSSR count). The minimum Gasteiger partial charge on any atom is -0.381 e. The average molecular weight is 441 g/mol. The van der Waals surface area contributed by atoms with Crippen molar-refractivity contribution in [2.75, 3.05) is 26.8 Å². The van der Waals surface area contributed by atoms with E-state index in [-0.39, 0.29) is 17.6 Å². The zero-order chi connectivity index (χ0) is 23.1. The van der Waals surface area contributed by atoms with Crippen molar-refractivity contribution < 1.29 is 4.74 Å². The molecule has 176 valence electrons. The number of nitrogens with zero attached hydrogens (tertiary/aromatic N) is 3. The van der Waals surface area contributed by atoms with Crippen LogP contribution in [0, 0.1) is 13.8 Å². The van der Waals surface area contributed by atoms with Gasteiger partial charge in [-0.25, -0.2) is 0 Å². The van der Waals surface area contributed by atoms with Crippen molar-refractivity contribution in [2.45, 2.75) is 64.6 Å². The quantitative estimate of drug-likeness (QED) is 0.435. The van der Waals surface area contributed by atoms with Crippen LogP contribution in [0.25, 0.3) is 0 Å². The summed E-state index contributed by atoms with van der Waals surface area (Å²) in [4.78, 5) is 4.49. The maximum absolute atomic E-state index is 5.68. The molecule has 0 amide bonds. The summed E-state index contributed by atoms with van der Waals surface area (Å²) in [6.07, 6.45) is 2.85. The van der Waals surface area contributed by atoms with E-state index in [1.54, 1.807) is 0 Å². The third-order valence-corrected chi connectivity index (χ3v) is 6.64. The summed E-state index contributed by atoms with van der Waals surface area (Å²) >= 11 is 0. The van der Waals surface area contributed by atoms with Crippen LogP contribution in [-0.2, 0) is 18.2 Å². The highest BCUT2D eigenvalue weighted by Crippen LogP contribution is 2.25. The normalized spacial score (nSPS) is 18.2. The summed E-state index contributed by atoms with van der Waals surface area (Å²) in [5.74, 6) is 0.830. The van der Waals surface area contributed by atoms with Crippen LogP contribution in [0.3, 0.4) is 0 Å². The fourth-order valence-corrected chi connectivity index (χ4v) is 4.57. The maximum Gasteiger partial charge on any atom is 0.191 e. The number of nitrogens with one attached hydrogen (secondary N) is 3. The SMILES string of the molecule is CN=C(NCC1(NC(C)c2ccccc2)CCOCC1)NC(C)Cc1c(C)nn(C)c1C. The first-order chi connectivity index (χ1) is 15.3. The van der Waals surface area contributed by atoms with Crippen molar-refractivity contribution in [1.29, 1.82) is 0 Å². The highest BCUT2D eigenvalue weighted by molar-refractivity contribution is 5.80. The summed E-state index contributed by atoms with van der Waals surface area (Å²) in [6, 6.07) is 11.1. The first kappa shape index (κ1) is 24.3. The van der Waals surface area contributed by atoms with E-state index in [0.717, 1.165) is 50.7 Å². The molecule has 1 aromatic heterocycles. The van der Waals surface area contributed by atoms with Gasteiger partial charge in [0.2, 0.25) is 0 Å². The number of benzene rings is 1. The van der Waals surface area contributed by atoms with Gasteiger partial charge in [-0.15, -0.1) is 0 Å². The van der Waals surface area contributed by atoms with Gasteiger partial charge >= 0.3 is 0 Å². The summed E-state index contributed by atoms with van der Waals surface area (Å²) in [5.41, 5.74) is 4.89. The van der Waals surface area contributed by atoms with Crippen LogP contribution < -0.4 is 16.0 Å². The number of hydrogen-bond acceptors (Lipinski definition) is 4. The molecule has 1 aromatic carbocycles. The summed E-state index contributed by atoms with van der Waals surface area (Å²) < 4.78 is 7.64. The van der Waals surface area contributed by atoms with Crippen LogP contribution in [0.15, 0.2) is 35.3 Å². The number of ether oxygens (including phenoxy) is 1. The summed E-state index contributed by atoms with van der Waals surface area (Å²) in [6.45, 7) is 11.0. The lowest BCUT2D eigenvalue weighted by Gasteiger charge is -2.41. The minimum atomic E-state index is -0.0368. The number of aromatic nitrogens is 2. The van der Waals surface area contributed by atoms with E-state index >= 15 is 0 Å². The predicted octanol–water partition coefficient (Wildman–Crippen LogP) is 3.03. The van der Waals surface area contributed by atoms with E-state index < -0.39 is 0 Å². The second-order valence-electron chi connectivity index (χ2n) is 9.12. The highest BCUT2D eigenvalue weighted by Gasteiger charge is 2.34. The number of guanidine groups is 1. The Kier molecular flexibility index (Phi) is 8.32. The largest absolute Gasteiger partial charge is 0.381 e. The molecule has 3 N–H and O–H groups in total. The van der Waals surface area contributed by atoms with Crippen LogP contribution in [0.1, 0.15) is 55.2 Å². The van der Waals surface area contributed by atoms with Gasteiger partial charge in [-0.05, 0) is 58.1 Å². The Morgan fingerprint density at radius 3 is 2.47 bits per heavy atom. The van der Waals surface area contributed by atoms with Crippen molar-refractivity contribution in [3.8, 4) is 0 Å². The van der Waals surface area contributed by atoms with Gasteiger partial charge in [-0.2, -0.15) is 5.10 Å². The Balaban J connectivity index is 1.61. The lowest BCUT2D eigenvalue weighted by Crippen LogP contribution is -2.58. The molecule has 7 nitrogen and oxygen atoms in total. The highest BCUT2D eigenvalue weighted by atomic mass is 16.5. The number of aryl methyl sites for hydroxylation is 2.